The van der Waals surface area contributed by atoms with Gasteiger partial charge in [0.05, 0.1) is 19.0 Å². The Hall–Kier alpha value is -2.00. The highest BCUT2D eigenvalue weighted by molar-refractivity contribution is 6.32. The van der Waals surface area contributed by atoms with Crippen molar-refractivity contribution < 1.29 is 9.53 Å². The molecule has 0 spiro atoms. The van der Waals surface area contributed by atoms with Crippen molar-refractivity contribution >= 4 is 23.3 Å². The largest absolute Gasteiger partial charge is 0.468 e. The van der Waals surface area contributed by atoms with Crippen LogP contribution in [0.15, 0.2) is 11.0 Å². The van der Waals surface area contributed by atoms with Crippen LogP contribution in [-0.4, -0.2) is 28.9 Å². The van der Waals surface area contributed by atoms with E-state index < -0.39 is 11.5 Å². The lowest BCUT2D eigenvalue weighted by atomic mass is 10.2. The topological polar surface area (TPSA) is 73.2 Å². The lowest BCUT2D eigenvalue weighted by Crippen LogP contribution is -2.29. The van der Waals surface area contributed by atoms with Gasteiger partial charge in [0.2, 0.25) is 0 Å². The number of anilines is 1. The number of carbonyl (C=O) groups excluding carboxylic acids is 1. The maximum absolute atomic E-state index is 11.9. The Kier molecular flexibility index (Phi) is 5.39. The summed E-state index contributed by atoms with van der Waals surface area (Å²) in [5.41, 5.74) is -0.180. The molecule has 7 heteroatoms. The van der Waals surface area contributed by atoms with Crippen molar-refractivity contribution in [2.75, 3.05) is 12.4 Å². The molecular formula is C12H14ClN3O3. The van der Waals surface area contributed by atoms with E-state index in [0.717, 1.165) is 4.68 Å². The molecule has 1 rings (SSSR count). The highest BCUT2D eigenvalue weighted by atomic mass is 35.5. The number of nitrogens with one attached hydrogen (secondary N) is 1. The van der Waals surface area contributed by atoms with E-state index in [4.69, 9.17) is 18.0 Å². The van der Waals surface area contributed by atoms with Crippen molar-refractivity contribution in [2.24, 2.45) is 0 Å². The second-order valence-electron chi connectivity index (χ2n) is 3.86. The molecule has 0 saturated heterocycles. The summed E-state index contributed by atoms with van der Waals surface area (Å²) < 4.78 is 5.39. The number of rotatable bonds is 5. The average Bonchev–Trinajstić information content (AvgIpc) is 2.38. The van der Waals surface area contributed by atoms with Crippen molar-refractivity contribution in [1.29, 1.82) is 0 Å². The van der Waals surface area contributed by atoms with E-state index in [1.807, 2.05) is 6.92 Å². The summed E-state index contributed by atoms with van der Waals surface area (Å²) in [6.07, 6.45) is 7.05. The highest BCUT2D eigenvalue weighted by Gasteiger charge is 2.13. The van der Waals surface area contributed by atoms with E-state index in [0.29, 0.717) is 12.1 Å². The molecule has 0 fully saturated rings. The third-order valence-electron chi connectivity index (χ3n) is 2.32. The van der Waals surface area contributed by atoms with Crippen LogP contribution in [0, 0.1) is 12.3 Å². The van der Waals surface area contributed by atoms with Crippen LogP contribution in [0.4, 0.5) is 5.69 Å². The fourth-order valence-corrected chi connectivity index (χ4v) is 1.56. The zero-order valence-electron chi connectivity index (χ0n) is 10.6. The maximum atomic E-state index is 11.9. The number of terminal acetylenes is 1. The normalized spacial score (nSPS) is 11.5. The van der Waals surface area contributed by atoms with Gasteiger partial charge in [-0.1, -0.05) is 11.6 Å². The van der Waals surface area contributed by atoms with Crippen LogP contribution < -0.4 is 10.9 Å². The van der Waals surface area contributed by atoms with E-state index in [1.54, 1.807) is 0 Å². The second-order valence-corrected chi connectivity index (χ2v) is 4.24. The average molecular weight is 284 g/mol. The smallest absolute Gasteiger partial charge is 0.327 e. The van der Waals surface area contributed by atoms with Crippen molar-refractivity contribution in [3.05, 3.63) is 21.6 Å². The van der Waals surface area contributed by atoms with Crippen molar-refractivity contribution in [2.45, 2.75) is 25.9 Å². The third kappa shape index (κ3) is 4.00. The number of halogens is 1. The fourth-order valence-electron chi connectivity index (χ4n) is 1.36. The molecule has 0 bridgehead atoms. The van der Waals surface area contributed by atoms with Crippen LogP contribution in [0.25, 0.3) is 0 Å². The Bertz CT molecular complexity index is 562. The summed E-state index contributed by atoms with van der Waals surface area (Å²) in [7, 11) is 1.23. The Balaban J connectivity index is 2.95. The molecule has 0 saturated carbocycles. The minimum absolute atomic E-state index is 0.0391. The number of methoxy groups -OCH3 is 1. The van der Waals surface area contributed by atoms with Gasteiger partial charge in [-0.2, -0.15) is 5.10 Å². The van der Waals surface area contributed by atoms with E-state index in [1.165, 1.54) is 13.3 Å². The Morgan fingerprint density at radius 2 is 2.42 bits per heavy atom. The molecule has 0 radical (unpaired) electrons. The summed E-state index contributed by atoms with van der Waals surface area (Å²) in [6, 6.07) is -0.0415. The quantitative estimate of drug-likeness (QED) is 0.642. The lowest BCUT2D eigenvalue weighted by molar-refractivity contribution is -0.141. The van der Waals surface area contributed by atoms with Crippen molar-refractivity contribution in [3.63, 3.8) is 0 Å². The van der Waals surface area contributed by atoms with Gasteiger partial charge in [-0.15, -0.1) is 12.3 Å². The summed E-state index contributed by atoms with van der Waals surface area (Å²) >= 11 is 5.93. The molecule has 0 aliphatic rings. The predicted octanol–water partition coefficient (Wildman–Crippen LogP) is 0.893. The lowest BCUT2D eigenvalue weighted by Gasteiger charge is -2.14. The van der Waals surface area contributed by atoms with Crippen LogP contribution in [0.1, 0.15) is 13.3 Å². The zero-order chi connectivity index (χ0) is 14.4. The number of hydrogen-bond acceptors (Lipinski definition) is 5. The van der Waals surface area contributed by atoms with Gasteiger partial charge in [-0.05, 0) is 6.92 Å². The number of esters is 1. The maximum Gasteiger partial charge on any atom is 0.327 e. The van der Waals surface area contributed by atoms with Crippen molar-refractivity contribution in [1.82, 2.24) is 9.78 Å². The number of carbonyl (C=O) groups is 1. The number of nitrogens with zero attached hydrogens (tertiary/aromatic N) is 2. The fraction of sp³-hybridized carbons (Fsp3) is 0.417. The first-order valence-corrected chi connectivity index (χ1v) is 5.89. The zero-order valence-corrected chi connectivity index (χ0v) is 11.4. The third-order valence-corrected chi connectivity index (χ3v) is 2.68. The van der Waals surface area contributed by atoms with Gasteiger partial charge in [-0.25, -0.2) is 4.68 Å². The van der Waals surface area contributed by atoms with Crippen molar-refractivity contribution in [3.8, 4) is 12.3 Å². The van der Waals surface area contributed by atoms with Crippen LogP contribution in [-0.2, 0) is 16.1 Å². The summed E-state index contributed by atoms with van der Waals surface area (Å²) in [5, 5.41) is 6.79. The molecule has 0 aromatic carbocycles. The molecule has 0 aliphatic heterocycles. The number of ether oxygens (including phenoxy) is 1. The molecule has 1 unspecified atom stereocenters. The minimum atomic E-state index is -0.577. The number of aromatic nitrogens is 2. The molecule has 1 heterocycles. The standard InChI is InChI=1S/C12H14ClN3O3/c1-4-5-8(2)15-9-6-14-16(7-10(17)19-3)12(18)11(9)13/h1,6,8,15H,5,7H2,2-3H3. The first-order chi connectivity index (χ1) is 8.99. The van der Waals surface area contributed by atoms with Gasteiger partial charge in [0, 0.05) is 12.5 Å². The van der Waals surface area contributed by atoms with E-state index in [9.17, 15) is 9.59 Å². The number of hydrogen-bond donors (Lipinski definition) is 1. The first kappa shape index (κ1) is 15.1. The molecule has 0 amide bonds. The highest BCUT2D eigenvalue weighted by Crippen LogP contribution is 2.16. The van der Waals surface area contributed by atoms with Crippen LogP contribution in [0.5, 0.6) is 0 Å². The summed E-state index contributed by atoms with van der Waals surface area (Å²) in [6.45, 7) is 1.57. The van der Waals surface area contributed by atoms with Gasteiger partial charge in [0.25, 0.3) is 5.56 Å². The Morgan fingerprint density at radius 1 is 1.74 bits per heavy atom. The van der Waals surface area contributed by atoms with Crippen LogP contribution in [0.3, 0.4) is 0 Å². The second kappa shape index (κ2) is 6.81. The molecule has 102 valence electrons. The van der Waals surface area contributed by atoms with E-state index in [-0.39, 0.29) is 17.6 Å². The van der Waals surface area contributed by atoms with Gasteiger partial charge < -0.3 is 10.1 Å². The molecular weight excluding hydrogens is 270 g/mol. The van der Waals surface area contributed by atoms with Gasteiger partial charge in [-0.3, -0.25) is 9.59 Å². The molecule has 1 N–H and O–H groups in total. The molecule has 1 aromatic rings. The molecule has 6 nitrogen and oxygen atoms in total. The Morgan fingerprint density at radius 3 is 3.00 bits per heavy atom. The monoisotopic (exact) mass is 283 g/mol. The molecule has 0 aliphatic carbocycles. The molecule has 19 heavy (non-hydrogen) atoms. The summed E-state index contributed by atoms with van der Waals surface area (Å²) in [5.74, 6) is 1.92. The van der Waals surface area contributed by atoms with E-state index in [2.05, 4.69) is 21.1 Å². The van der Waals surface area contributed by atoms with E-state index >= 15 is 0 Å². The Labute approximate surface area is 115 Å². The molecule has 1 aromatic heterocycles. The van der Waals surface area contributed by atoms with Gasteiger partial charge in [0.15, 0.2) is 0 Å². The van der Waals surface area contributed by atoms with Crippen LogP contribution in [0.2, 0.25) is 5.02 Å². The van der Waals surface area contributed by atoms with Gasteiger partial charge >= 0.3 is 5.97 Å². The summed E-state index contributed by atoms with van der Waals surface area (Å²) in [4.78, 5) is 23.0. The SMILES string of the molecule is C#CCC(C)Nc1cnn(CC(=O)OC)c(=O)c1Cl. The molecule has 1 atom stereocenters. The predicted molar refractivity (Wildman–Crippen MR) is 72.1 cm³/mol. The first-order valence-electron chi connectivity index (χ1n) is 5.52. The van der Waals surface area contributed by atoms with Crippen LogP contribution >= 0.6 is 11.6 Å². The van der Waals surface area contributed by atoms with Gasteiger partial charge in [0.1, 0.15) is 11.6 Å². The minimum Gasteiger partial charge on any atom is -0.468 e.